The number of unbranched alkanes of at least 4 members (excludes halogenated alkanes) is 35. The summed E-state index contributed by atoms with van der Waals surface area (Å²) < 4.78 is 16.9. The van der Waals surface area contributed by atoms with Crippen LogP contribution in [-0.2, 0) is 28.6 Å². The molecule has 6 heteroatoms. The molecule has 0 aromatic carbocycles. The highest BCUT2D eigenvalue weighted by Gasteiger charge is 2.19. The fourth-order valence-corrected chi connectivity index (χ4v) is 9.78. The highest BCUT2D eigenvalue weighted by Crippen LogP contribution is 2.17. The van der Waals surface area contributed by atoms with Gasteiger partial charge in [-0.25, -0.2) is 0 Å². The first-order chi connectivity index (χ1) is 39.5. The smallest absolute Gasteiger partial charge is 0.306 e. The third-order valence-electron chi connectivity index (χ3n) is 14.8. The van der Waals surface area contributed by atoms with E-state index in [0.29, 0.717) is 19.3 Å². The Morgan fingerprint density at radius 3 is 0.762 bits per heavy atom. The lowest BCUT2D eigenvalue weighted by atomic mass is 10.0. The molecule has 0 fully saturated rings. The van der Waals surface area contributed by atoms with E-state index in [1.165, 1.54) is 173 Å². The van der Waals surface area contributed by atoms with E-state index < -0.39 is 6.10 Å². The molecule has 1 atom stereocenters. The van der Waals surface area contributed by atoms with Crippen LogP contribution in [0, 0.1) is 0 Å². The number of esters is 3. The Labute approximate surface area is 496 Å². The maximum Gasteiger partial charge on any atom is 0.306 e. The van der Waals surface area contributed by atoms with E-state index in [9.17, 15) is 14.4 Å². The topological polar surface area (TPSA) is 78.9 Å². The van der Waals surface area contributed by atoms with Gasteiger partial charge >= 0.3 is 17.9 Å². The van der Waals surface area contributed by atoms with Crippen LogP contribution in [0.2, 0.25) is 0 Å². The van der Waals surface area contributed by atoms with Crippen molar-refractivity contribution in [3.8, 4) is 0 Å². The molecule has 0 spiro atoms. The zero-order chi connectivity index (χ0) is 57.8. The predicted molar refractivity (Wildman–Crippen MR) is 348 cm³/mol. The van der Waals surface area contributed by atoms with Crippen LogP contribution in [0.1, 0.15) is 335 Å². The van der Waals surface area contributed by atoms with Gasteiger partial charge in [0.2, 0.25) is 0 Å². The standard InChI is InChI=1S/C74H128O6/c1-4-7-10-13-16-19-22-25-27-29-30-31-32-33-34-35-36-37-38-39-40-41-42-43-44-46-47-49-52-55-58-61-64-67-73(76)79-70-71(69-78-72(75)66-63-60-57-54-51-24-21-18-15-12-9-6-3)80-74(77)68-65-62-59-56-53-50-48-45-28-26-23-20-17-14-11-8-5-2/h7-8,10-11,16-17,19-20,25-28,30-31,48,50,71H,4-6,9,12-15,18,21-24,29,32-47,49,51-70H2,1-3H3/b10-7-,11-8-,19-16-,20-17-,27-25-,28-26-,31-30-,50-48-. The summed E-state index contributed by atoms with van der Waals surface area (Å²) >= 11 is 0. The quantitative estimate of drug-likeness (QED) is 0.0261. The van der Waals surface area contributed by atoms with Crippen molar-refractivity contribution < 1.29 is 28.6 Å². The lowest BCUT2D eigenvalue weighted by Gasteiger charge is -2.18. The van der Waals surface area contributed by atoms with Crippen LogP contribution in [0.15, 0.2) is 97.2 Å². The highest BCUT2D eigenvalue weighted by molar-refractivity contribution is 5.71. The number of hydrogen-bond acceptors (Lipinski definition) is 6. The van der Waals surface area contributed by atoms with Crippen molar-refractivity contribution in [2.24, 2.45) is 0 Å². The summed E-state index contributed by atoms with van der Waals surface area (Å²) in [4.78, 5) is 38.3. The molecule has 0 bridgehead atoms. The molecular weight excluding hydrogens is 985 g/mol. The molecule has 0 aromatic heterocycles. The van der Waals surface area contributed by atoms with Crippen molar-refractivity contribution in [2.75, 3.05) is 13.2 Å². The van der Waals surface area contributed by atoms with Crippen LogP contribution in [0.5, 0.6) is 0 Å². The van der Waals surface area contributed by atoms with Crippen LogP contribution >= 0.6 is 0 Å². The molecule has 80 heavy (non-hydrogen) atoms. The first-order valence-corrected chi connectivity index (χ1v) is 34.2. The molecule has 0 aliphatic rings. The number of carbonyl (C=O) groups is 3. The van der Waals surface area contributed by atoms with Crippen molar-refractivity contribution in [3.05, 3.63) is 97.2 Å². The van der Waals surface area contributed by atoms with E-state index in [1.807, 2.05) is 0 Å². The number of rotatable bonds is 62. The van der Waals surface area contributed by atoms with Crippen LogP contribution in [0.4, 0.5) is 0 Å². The zero-order valence-electron chi connectivity index (χ0n) is 52.8. The molecule has 0 aromatic rings. The summed E-state index contributed by atoms with van der Waals surface area (Å²) in [6.07, 6.45) is 91.6. The number of ether oxygens (including phenoxy) is 3. The molecule has 0 N–H and O–H groups in total. The van der Waals surface area contributed by atoms with Gasteiger partial charge < -0.3 is 14.2 Å². The zero-order valence-corrected chi connectivity index (χ0v) is 52.8. The van der Waals surface area contributed by atoms with Gasteiger partial charge in [-0.15, -0.1) is 0 Å². The number of carbonyl (C=O) groups excluding carboxylic acids is 3. The van der Waals surface area contributed by atoms with Gasteiger partial charge in [-0.2, -0.15) is 0 Å². The highest BCUT2D eigenvalue weighted by atomic mass is 16.6. The molecule has 0 aliphatic carbocycles. The second-order valence-electron chi connectivity index (χ2n) is 22.7. The van der Waals surface area contributed by atoms with E-state index in [4.69, 9.17) is 14.2 Å². The predicted octanol–water partition coefficient (Wildman–Crippen LogP) is 23.6. The molecule has 0 radical (unpaired) electrons. The van der Waals surface area contributed by atoms with E-state index in [-0.39, 0.29) is 31.1 Å². The Bertz CT molecular complexity index is 1560. The summed E-state index contributed by atoms with van der Waals surface area (Å²) in [5.41, 5.74) is 0. The monoisotopic (exact) mass is 1110 g/mol. The van der Waals surface area contributed by atoms with Crippen molar-refractivity contribution in [3.63, 3.8) is 0 Å². The van der Waals surface area contributed by atoms with Gasteiger partial charge in [0.25, 0.3) is 0 Å². The lowest BCUT2D eigenvalue weighted by molar-refractivity contribution is -0.167. The van der Waals surface area contributed by atoms with E-state index in [2.05, 4.69) is 118 Å². The second-order valence-corrected chi connectivity index (χ2v) is 22.7. The average molecular weight is 1110 g/mol. The van der Waals surface area contributed by atoms with Crippen LogP contribution < -0.4 is 0 Å². The maximum atomic E-state index is 12.9. The molecule has 0 heterocycles. The Kier molecular flexibility index (Phi) is 64.7. The summed E-state index contributed by atoms with van der Waals surface area (Å²) in [5, 5.41) is 0. The van der Waals surface area contributed by atoms with E-state index >= 15 is 0 Å². The molecule has 0 saturated heterocycles. The third-order valence-corrected chi connectivity index (χ3v) is 14.8. The molecular formula is C74H128O6. The average Bonchev–Trinajstić information content (AvgIpc) is 3.46. The fourth-order valence-electron chi connectivity index (χ4n) is 9.78. The van der Waals surface area contributed by atoms with Crippen LogP contribution in [0.3, 0.4) is 0 Å². The molecule has 1 unspecified atom stereocenters. The Morgan fingerprint density at radius 1 is 0.263 bits per heavy atom. The van der Waals surface area contributed by atoms with Crippen LogP contribution in [0.25, 0.3) is 0 Å². The molecule has 0 amide bonds. The number of hydrogen-bond donors (Lipinski definition) is 0. The molecule has 0 saturated carbocycles. The van der Waals surface area contributed by atoms with Crippen molar-refractivity contribution in [1.82, 2.24) is 0 Å². The largest absolute Gasteiger partial charge is 0.462 e. The van der Waals surface area contributed by atoms with Crippen molar-refractivity contribution >= 4 is 17.9 Å². The molecule has 6 nitrogen and oxygen atoms in total. The van der Waals surface area contributed by atoms with Gasteiger partial charge in [-0.3, -0.25) is 14.4 Å². The van der Waals surface area contributed by atoms with Gasteiger partial charge in [0.15, 0.2) is 6.10 Å². The van der Waals surface area contributed by atoms with Gasteiger partial charge in [-0.1, -0.05) is 317 Å². The lowest BCUT2D eigenvalue weighted by Crippen LogP contribution is -2.30. The van der Waals surface area contributed by atoms with Gasteiger partial charge in [-0.05, 0) is 96.3 Å². The minimum atomic E-state index is -0.788. The van der Waals surface area contributed by atoms with Gasteiger partial charge in [0.05, 0.1) is 0 Å². The normalized spacial score (nSPS) is 12.7. The van der Waals surface area contributed by atoms with Crippen LogP contribution in [-0.4, -0.2) is 37.2 Å². The first-order valence-electron chi connectivity index (χ1n) is 34.2. The van der Waals surface area contributed by atoms with E-state index in [1.54, 1.807) is 0 Å². The Hall–Kier alpha value is -3.67. The van der Waals surface area contributed by atoms with Crippen molar-refractivity contribution in [2.45, 2.75) is 341 Å². The maximum absolute atomic E-state index is 12.9. The summed E-state index contributed by atoms with van der Waals surface area (Å²) in [5.74, 6) is -0.891. The summed E-state index contributed by atoms with van der Waals surface area (Å²) in [6, 6.07) is 0. The van der Waals surface area contributed by atoms with Gasteiger partial charge in [0, 0.05) is 19.3 Å². The Morgan fingerprint density at radius 2 is 0.487 bits per heavy atom. The summed E-state index contributed by atoms with van der Waals surface area (Å²) in [7, 11) is 0. The number of allylic oxidation sites excluding steroid dienone is 16. The van der Waals surface area contributed by atoms with Gasteiger partial charge in [0.1, 0.15) is 13.2 Å². The van der Waals surface area contributed by atoms with E-state index in [0.717, 1.165) is 122 Å². The van der Waals surface area contributed by atoms with Crippen molar-refractivity contribution in [1.29, 1.82) is 0 Å². The summed E-state index contributed by atoms with van der Waals surface area (Å²) in [6.45, 7) is 6.43. The second kappa shape index (κ2) is 67.8. The SMILES string of the molecule is CC/C=C\C/C=C\C/C=C\C/C=C\CCCCCCCCCCCCCCCCCCCCCCC(=O)OCC(COC(=O)CCCCCCCCCCCCCC)OC(=O)CCCCCC/C=C\C/C=C\C/C=C\C/C=C\CC. The first kappa shape index (κ1) is 76.3. The minimum Gasteiger partial charge on any atom is -0.462 e. The molecule has 460 valence electrons. The fraction of sp³-hybridized carbons (Fsp3) is 0.743. The molecule has 0 rings (SSSR count). The minimum absolute atomic E-state index is 0.0825. The molecule has 0 aliphatic heterocycles. The Balaban J connectivity index is 4.15. The third kappa shape index (κ3) is 65.1.